The molecule has 2 heterocycles. The monoisotopic (exact) mass is 192 g/mol. The van der Waals surface area contributed by atoms with Crippen LogP contribution in [-0.4, -0.2) is 23.3 Å². The van der Waals surface area contributed by atoms with Crippen molar-refractivity contribution in [2.75, 3.05) is 13.1 Å². The molecule has 0 amide bonds. The molecule has 1 aromatic rings. The Morgan fingerprint density at radius 1 is 1.43 bits per heavy atom. The van der Waals surface area contributed by atoms with Crippen LogP contribution in [0.4, 0.5) is 0 Å². The molecule has 3 rings (SSSR count). The van der Waals surface area contributed by atoms with Gasteiger partial charge in [0.2, 0.25) is 0 Å². The maximum Gasteiger partial charge on any atom is 0.0538 e. The van der Waals surface area contributed by atoms with Crippen LogP contribution < -0.4 is 11.1 Å². The summed E-state index contributed by atoms with van der Waals surface area (Å²) in [5.74, 6) is 0. The summed E-state index contributed by atoms with van der Waals surface area (Å²) in [5, 5.41) is 10.5. The summed E-state index contributed by atoms with van der Waals surface area (Å²) in [6.07, 6.45) is 5.37. The molecule has 1 saturated heterocycles. The molecular weight excluding hydrogens is 176 g/mol. The van der Waals surface area contributed by atoms with Crippen LogP contribution >= 0.6 is 0 Å². The van der Waals surface area contributed by atoms with Gasteiger partial charge in [0.05, 0.1) is 6.20 Å². The van der Waals surface area contributed by atoms with Gasteiger partial charge in [-0.1, -0.05) is 0 Å². The minimum Gasteiger partial charge on any atom is -0.323 e. The number of fused-ring (bicyclic) bond motifs is 1. The molecule has 4 nitrogen and oxygen atoms in total. The Bertz CT molecular complexity index is 338. The number of rotatable bonds is 0. The van der Waals surface area contributed by atoms with E-state index in [1.54, 1.807) is 0 Å². The lowest BCUT2D eigenvalue weighted by Crippen LogP contribution is -2.42. The highest BCUT2D eigenvalue weighted by Crippen LogP contribution is 2.48. The summed E-state index contributed by atoms with van der Waals surface area (Å²) in [6, 6.07) is 0.193. The van der Waals surface area contributed by atoms with E-state index in [0.29, 0.717) is 5.41 Å². The van der Waals surface area contributed by atoms with Crippen molar-refractivity contribution in [3.63, 3.8) is 0 Å². The molecule has 1 fully saturated rings. The quantitative estimate of drug-likeness (QED) is 0.555. The minimum absolute atomic E-state index is 0.193. The smallest absolute Gasteiger partial charge is 0.0538 e. The summed E-state index contributed by atoms with van der Waals surface area (Å²) in [5.41, 5.74) is 9.13. The van der Waals surface area contributed by atoms with Gasteiger partial charge in [0.15, 0.2) is 0 Å². The molecule has 1 aromatic heterocycles. The Labute approximate surface area is 83.3 Å². The number of aromatic nitrogens is 2. The largest absolute Gasteiger partial charge is 0.323 e. The van der Waals surface area contributed by atoms with Crippen LogP contribution in [0.3, 0.4) is 0 Å². The fourth-order valence-corrected chi connectivity index (χ4v) is 2.94. The van der Waals surface area contributed by atoms with Crippen molar-refractivity contribution in [1.82, 2.24) is 15.5 Å². The first-order valence-corrected chi connectivity index (χ1v) is 5.30. The van der Waals surface area contributed by atoms with Crippen molar-refractivity contribution >= 4 is 0 Å². The minimum atomic E-state index is 0.193. The lowest BCUT2D eigenvalue weighted by Gasteiger charge is -2.37. The number of nitrogens with zero attached hydrogens (tertiary/aromatic N) is 1. The van der Waals surface area contributed by atoms with Crippen LogP contribution in [0.1, 0.15) is 30.1 Å². The maximum absolute atomic E-state index is 6.31. The number of nitrogens with two attached hydrogens (primary N) is 1. The van der Waals surface area contributed by atoms with E-state index < -0.39 is 0 Å². The fourth-order valence-electron chi connectivity index (χ4n) is 2.94. The summed E-state index contributed by atoms with van der Waals surface area (Å²) in [4.78, 5) is 0. The van der Waals surface area contributed by atoms with Gasteiger partial charge in [0.25, 0.3) is 0 Å². The highest BCUT2D eigenvalue weighted by molar-refractivity contribution is 5.31. The van der Waals surface area contributed by atoms with Gasteiger partial charge in [-0.05, 0) is 37.8 Å². The molecule has 2 aliphatic rings. The molecule has 1 unspecified atom stereocenters. The Balaban J connectivity index is 1.94. The third-order valence-electron chi connectivity index (χ3n) is 3.87. The van der Waals surface area contributed by atoms with Gasteiger partial charge in [-0.25, -0.2) is 0 Å². The lowest BCUT2D eigenvalue weighted by molar-refractivity contribution is 0.172. The maximum atomic E-state index is 6.31. The van der Waals surface area contributed by atoms with Crippen LogP contribution in [0.25, 0.3) is 0 Å². The number of piperidine rings is 1. The molecule has 76 valence electrons. The topological polar surface area (TPSA) is 66.7 Å². The second-order valence-electron chi connectivity index (χ2n) is 4.57. The summed E-state index contributed by atoms with van der Waals surface area (Å²) < 4.78 is 0. The molecule has 4 N–H and O–H groups in total. The van der Waals surface area contributed by atoms with Gasteiger partial charge in [-0.2, -0.15) is 5.10 Å². The molecule has 0 radical (unpaired) electrons. The number of hydrogen-bond acceptors (Lipinski definition) is 3. The molecule has 1 aliphatic carbocycles. The highest BCUT2D eigenvalue weighted by Gasteiger charge is 2.45. The molecular formula is C10H16N4. The van der Waals surface area contributed by atoms with E-state index in [-0.39, 0.29) is 6.04 Å². The van der Waals surface area contributed by atoms with Crippen molar-refractivity contribution in [2.24, 2.45) is 11.1 Å². The van der Waals surface area contributed by atoms with E-state index in [4.69, 9.17) is 5.73 Å². The van der Waals surface area contributed by atoms with Gasteiger partial charge in [-0.15, -0.1) is 0 Å². The van der Waals surface area contributed by atoms with Crippen molar-refractivity contribution in [2.45, 2.75) is 25.3 Å². The molecule has 0 bridgehead atoms. The van der Waals surface area contributed by atoms with Gasteiger partial charge in [0.1, 0.15) is 0 Å². The van der Waals surface area contributed by atoms with Crippen molar-refractivity contribution in [3.05, 3.63) is 17.5 Å². The van der Waals surface area contributed by atoms with Crippen LogP contribution in [0.5, 0.6) is 0 Å². The molecule has 0 aromatic carbocycles. The first-order chi connectivity index (χ1) is 6.82. The van der Waals surface area contributed by atoms with Crippen molar-refractivity contribution in [1.29, 1.82) is 0 Å². The molecule has 14 heavy (non-hydrogen) atoms. The molecule has 1 aliphatic heterocycles. The zero-order chi connectivity index (χ0) is 9.60. The Morgan fingerprint density at radius 2 is 2.21 bits per heavy atom. The summed E-state index contributed by atoms with van der Waals surface area (Å²) in [6.45, 7) is 2.21. The third-order valence-corrected chi connectivity index (χ3v) is 3.87. The second kappa shape index (κ2) is 2.81. The highest BCUT2D eigenvalue weighted by atomic mass is 15.1. The second-order valence-corrected chi connectivity index (χ2v) is 4.57. The first-order valence-electron chi connectivity index (χ1n) is 5.30. The predicted octanol–water partition coefficient (Wildman–Crippen LogP) is 0.335. The molecule has 1 atom stereocenters. The van der Waals surface area contributed by atoms with Crippen LogP contribution in [0, 0.1) is 5.41 Å². The number of hydrogen-bond donors (Lipinski definition) is 3. The van der Waals surface area contributed by atoms with E-state index in [1.165, 1.54) is 24.1 Å². The Kier molecular flexibility index (Phi) is 1.69. The first kappa shape index (κ1) is 8.44. The molecule has 4 heteroatoms. The van der Waals surface area contributed by atoms with Crippen LogP contribution in [0.2, 0.25) is 0 Å². The van der Waals surface area contributed by atoms with Crippen molar-refractivity contribution < 1.29 is 0 Å². The van der Waals surface area contributed by atoms with E-state index in [2.05, 4.69) is 15.5 Å². The lowest BCUT2D eigenvalue weighted by atomic mass is 9.74. The summed E-state index contributed by atoms with van der Waals surface area (Å²) in [7, 11) is 0. The normalized spacial score (nSPS) is 29.4. The Morgan fingerprint density at radius 3 is 2.93 bits per heavy atom. The number of nitrogens with one attached hydrogen (secondary N) is 2. The van der Waals surface area contributed by atoms with Gasteiger partial charge < -0.3 is 11.1 Å². The predicted molar refractivity (Wildman–Crippen MR) is 53.8 cm³/mol. The van der Waals surface area contributed by atoms with E-state index in [1.807, 2.05) is 6.20 Å². The zero-order valence-corrected chi connectivity index (χ0v) is 8.21. The van der Waals surface area contributed by atoms with Gasteiger partial charge in [-0.3, -0.25) is 5.10 Å². The average Bonchev–Trinajstić information content (AvgIpc) is 2.73. The van der Waals surface area contributed by atoms with Gasteiger partial charge in [0, 0.05) is 17.3 Å². The molecule has 1 spiro atoms. The van der Waals surface area contributed by atoms with Crippen LogP contribution in [-0.2, 0) is 6.42 Å². The van der Waals surface area contributed by atoms with Crippen LogP contribution in [0.15, 0.2) is 6.20 Å². The molecule has 0 saturated carbocycles. The van der Waals surface area contributed by atoms with E-state index in [0.717, 1.165) is 19.5 Å². The third kappa shape index (κ3) is 0.980. The summed E-state index contributed by atoms with van der Waals surface area (Å²) >= 11 is 0. The zero-order valence-electron chi connectivity index (χ0n) is 8.21. The number of H-pyrrole nitrogens is 1. The van der Waals surface area contributed by atoms with E-state index in [9.17, 15) is 0 Å². The van der Waals surface area contributed by atoms with Crippen molar-refractivity contribution in [3.8, 4) is 0 Å². The average molecular weight is 192 g/mol. The SMILES string of the molecule is NC1c2cn[nH]c2CC12CCNCC2. The van der Waals surface area contributed by atoms with Gasteiger partial charge >= 0.3 is 0 Å². The Hall–Kier alpha value is -0.870. The fraction of sp³-hybridized carbons (Fsp3) is 0.700. The van der Waals surface area contributed by atoms with E-state index >= 15 is 0 Å². The number of aromatic amines is 1. The standard InChI is InChI=1S/C10H16N4/c11-9-7-6-13-14-8(7)5-10(9)1-3-12-4-2-10/h6,9,12H,1-5,11H2,(H,13,14).